The topological polar surface area (TPSA) is 46.3 Å². The first-order chi connectivity index (χ1) is 8.37. The number of likely N-dealkylation sites (tertiary alicyclic amines) is 1. The Morgan fingerprint density at radius 3 is 2.28 bits per heavy atom. The highest BCUT2D eigenvalue weighted by Crippen LogP contribution is 2.43. The molecule has 0 radical (unpaired) electrons. The Bertz CT molecular complexity index is 361. The summed E-state index contributed by atoms with van der Waals surface area (Å²) in [5, 5.41) is 0. The maximum Gasteiger partial charge on any atom is 0.235 e. The summed E-state index contributed by atoms with van der Waals surface area (Å²) in [6.45, 7) is 6.30. The van der Waals surface area contributed by atoms with E-state index < -0.39 is 5.41 Å². The molecule has 0 aromatic rings. The van der Waals surface area contributed by atoms with Crippen LogP contribution in [0.2, 0.25) is 0 Å². The normalized spacial score (nSPS) is 26.0. The minimum absolute atomic E-state index is 0.193. The Balaban J connectivity index is 2.07. The van der Waals surface area contributed by atoms with Gasteiger partial charge in [-0.1, -0.05) is 32.5 Å². The molecular weight excluding hydrogens is 244 g/mol. The fraction of sp³-hybridized carbons (Fsp3) is 0.857. The third-order valence-electron chi connectivity index (χ3n) is 4.72. The van der Waals surface area contributed by atoms with Crippen LogP contribution in [0.15, 0.2) is 0 Å². The van der Waals surface area contributed by atoms with Crippen LogP contribution in [0.5, 0.6) is 0 Å². The van der Waals surface area contributed by atoms with Crippen LogP contribution in [0.3, 0.4) is 0 Å². The molecule has 1 aliphatic carbocycles. The Hall–Kier alpha value is -0.640. The SMILES string of the molecule is CC1(C)CCCN(C(=O)C2(C(N)=S)CCC2)CC1. The number of nitrogens with two attached hydrogens (primary N) is 1. The second kappa shape index (κ2) is 4.80. The van der Waals surface area contributed by atoms with E-state index in [4.69, 9.17) is 18.0 Å². The summed E-state index contributed by atoms with van der Waals surface area (Å²) in [7, 11) is 0. The van der Waals surface area contributed by atoms with Crippen molar-refractivity contribution in [3.8, 4) is 0 Å². The zero-order valence-corrected chi connectivity index (χ0v) is 12.3. The highest BCUT2D eigenvalue weighted by Gasteiger charge is 2.49. The van der Waals surface area contributed by atoms with Gasteiger partial charge < -0.3 is 10.6 Å². The number of rotatable bonds is 2. The molecule has 1 saturated carbocycles. The van der Waals surface area contributed by atoms with E-state index >= 15 is 0 Å². The van der Waals surface area contributed by atoms with Gasteiger partial charge in [-0.2, -0.15) is 0 Å². The molecule has 4 heteroatoms. The summed E-state index contributed by atoms with van der Waals surface area (Å²) >= 11 is 5.14. The fourth-order valence-corrected chi connectivity index (χ4v) is 3.32. The van der Waals surface area contributed by atoms with Crippen molar-refractivity contribution in [2.45, 2.75) is 52.4 Å². The molecule has 1 saturated heterocycles. The van der Waals surface area contributed by atoms with Crippen LogP contribution in [0, 0.1) is 10.8 Å². The summed E-state index contributed by atoms with van der Waals surface area (Å²) in [6.07, 6.45) is 6.12. The van der Waals surface area contributed by atoms with E-state index in [0.717, 1.165) is 45.2 Å². The highest BCUT2D eigenvalue weighted by molar-refractivity contribution is 7.80. The molecule has 3 nitrogen and oxygen atoms in total. The monoisotopic (exact) mass is 268 g/mol. The molecule has 0 bridgehead atoms. The van der Waals surface area contributed by atoms with Gasteiger partial charge in [-0.05, 0) is 37.5 Å². The van der Waals surface area contributed by atoms with Gasteiger partial charge in [0.25, 0.3) is 0 Å². The maximum atomic E-state index is 12.7. The molecule has 1 amide bonds. The number of amides is 1. The largest absolute Gasteiger partial charge is 0.392 e. The van der Waals surface area contributed by atoms with E-state index in [1.165, 1.54) is 6.42 Å². The van der Waals surface area contributed by atoms with E-state index in [1.807, 2.05) is 4.90 Å². The zero-order chi connectivity index (χ0) is 13.4. The standard InChI is InChI=1S/C14H24N2OS/c1-13(2)5-4-9-16(10-8-13)12(17)14(11(15)18)6-3-7-14/h3-10H2,1-2H3,(H2,15,18). The number of hydrogen-bond donors (Lipinski definition) is 1. The lowest BCUT2D eigenvalue weighted by atomic mass is 9.67. The van der Waals surface area contributed by atoms with Crippen molar-refractivity contribution >= 4 is 23.1 Å². The minimum atomic E-state index is -0.496. The van der Waals surface area contributed by atoms with Gasteiger partial charge in [0.2, 0.25) is 5.91 Å². The van der Waals surface area contributed by atoms with Crippen LogP contribution in [0.4, 0.5) is 0 Å². The number of thiocarbonyl (C=S) groups is 1. The van der Waals surface area contributed by atoms with Crippen molar-refractivity contribution in [3.05, 3.63) is 0 Å². The number of nitrogens with zero attached hydrogens (tertiary/aromatic N) is 1. The van der Waals surface area contributed by atoms with Crippen molar-refractivity contribution < 1.29 is 4.79 Å². The predicted octanol–water partition coefficient (Wildman–Crippen LogP) is 2.48. The van der Waals surface area contributed by atoms with E-state index in [-0.39, 0.29) is 5.91 Å². The third kappa shape index (κ3) is 2.40. The fourth-order valence-electron chi connectivity index (χ4n) is 3.02. The van der Waals surface area contributed by atoms with Crippen molar-refractivity contribution in [2.24, 2.45) is 16.6 Å². The van der Waals surface area contributed by atoms with Crippen molar-refractivity contribution in [1.29, 1.82) is 0 Å². The van der Waals surface area contributed by atoms with E-state index in [1.54, 1.807) is 0 Å². The molecule has 2 fully saturated rings. The average molecular weight is 268 g/mol. The summed E-state index contributed by atoms with van der Waals surface area (Å²) in [4.78, 5) is 15.1. The lowest BCUT2D eigenvalue weighted by molar-refractivity contribution is -0.141. The van der Waals surface area contributed by atoms with Gasteiger partial charge >= 0.3 is 0 Å². The smallest absolute Gasteiger partial charge is 0.235 e. The minimum Gasteiger partial charge on any atom is -0.392 e. The number of carbonyl (C=O) groups is 1. The van der Waals surface area contributed by atoms with Crippen LogP contribution in [0.25, 0.3) is 0 Å². The second-order valence-electron chi connectivity index (χ2n) is 6.61. The van der Waals surface area contributed by atoms with Gasteiger partial charge in [-0.15, -0.1) is 0 Å². The van der Waals surface area contributed by atoms with Gasteiger partial charge in [0.1, 0.15) is 0 Å². The summed E-state index contributed by atoms with van der Waals surface area (Å²) in [5.74, 6) is 0.193. The molecule has 0 aromatic heterocycles. The highest BCUT2D eigenvalue weighted by atomic mass is 32.1. The van der Waals surface area contributed by atoms with Gasteiger partial charge in [0, 0.05) is 13.1 Å². The Kier molecular flexibility index (Phi) is 3.67. The quantitative estimate of drug-likeness (QED) is 0.783. The molecule has 18 heavy (non-hydrogen) atoms. The van der Waals surface area contributed by atoms with Crippen molar-refractivity contribution in [2.75, 3.05) is 13.1 Å². The number of carbonyl (C=O) groups excluding carboxylic acids is 1. The van der Waals surface area contributed by atoms with E-state index in [2.05, 4.69) is 13.8 Å². The summed E-state index contributed by atoms with van der Waals surface area (Å²) in [6, 6.07) is 0. The predicted molar refractivity (Wildman–Crippen MR) is 77.3 cm³/mol. The lowest BCUT2D eigenvalue weighted by Gasteiger charge is -2.42. The first kappa shape index (κ1) is 13.8. The number of hydrogen-bond acceptors (Lipinski definition) is 2. The molecule has 1 heterocycles. The molecule has 102 valence electrons. The van der Waals surface area contributed by atoms with Crippen LogP contribution >= 0.6 is 12.2 Å². The average Bonchev–Trinajstić information content (AvgIpc) is 2.36. The van der Waals surface area contributed by atoms with Gasteiger partial charge in [0.15, 0.2) is 0 Å². The molecular formula is C14H24N2OS. The first-order valence-electron chi connectivity index (χ1n) is 6.97. The summed E-state index contributed by atoms with van der Waals surface area (Å²) < 4.78 is 0. The Morgan fingerprint density at radius 1 is 1.11 bits per heavy atom. The summed E-state index contributed by atoms with van der Waals surface area (Å²) in [5.41, 5.74) is 5.67. The second-order valence-corrected chi connectivity index (χ2v) is 7.05. The first-order valence-corrected chi connectivity index (χ1v) is 7.38. The van der Waals surface area contributed by atoms with Gasteiger partial charge in [-0.25, -0.2) is 0 Å². The van der Waals surface area contributed by atoms with E-state index in [0.29, 0.717) is 10.4 Å². The molecule has 0 unspecified atom stereocenters. The lowest BCUT2D eigenvalue weighted by Crippen LogP contribution is -2.54. The Labute approximate surface area is 115 Å². The van der Waals surface area contributed by atoms with Crippen LogP contribution in [0.1, 0.15) is 52.4 Å². The van der Waals surface area contributed by atoms with Gasteiger partial charge in [-0.3, -0.25) is 4.79 Å². The molecule has 0 atom stereocenters. The molecule has 2 N–H and O–H groups in total. The molecule has 2 aliphatic rings. The van der Waals surface area contributed by atoms with E-state index in [9.17, 15) is 4.79 Å². The molecule has 0 aromatic carbocycles. The zero-order valence-electron chi connectivity index (χ0n) is 11.5. The third-order valence-corrected chi connectivity index (χ3v) is 5.11. The Morgan fingerprint density at radius 2 is 1.78 bits per heavy atom. The molecule has 0 spiro atoms. The van der Waals surface area contributed by atoms with Crippen LogP contribution in [-0.4, -0.2) is 28.9 Å². The van der Waals surface area contributed by atoms with Gasteiger partial charge in [0.05, 0.1) is 10.4 Å². The van der Waals surface area contributed by atoms with Crippen LogP contribution in [-0.2, 0) is 4.79 Å². The van der Waals surface area contributed by atoms with Crippen molar-refractivity contribution in [3.63, 3.8) is 0 Å². The van der Waals surface area contributed by atoms with Crippen molar-refractivity contribution in [1.82, 2.24) is 4.90 Å². The molecule has 2 rings (SSSR count). The molecule has 1 aliphatic heterocycles. The van der Waals surface area contributed by atoms with Crippen LogP contribution < -0.4 is 5.73 Å². The maximum absolute atomic E-state index is 12.7.